The number of hydrogen-bond acceptors (Lipinski definition) is 4. The molecule has 2 aromatic rings. The van der Waals surface area contributed by atoms with E-state index >= 15 is 0 Å². The van der Waals surface area contributed by atoms with E-state index in [9.17, 15) is 9.59 Å². The van der Waals surface area contributed by atoms with E-state index in [1.165, 1.54) is 17.5 Å². The fourth-order valence-electron chi connectivity index (χ4n) is 3.15. The van der Waals surface area contributed by atoms with Crippen molar-refractivity contribution in [3.8, 4) is 5.75 Å². The number of carbonyl (C=O) groups is 2. The number of fused-ring (bicyclic) bond motifs is 1. The summed E-state index contributed by atoms with van der Waals surface area (Å²) in [6, 6.07) is 12.5. The summed E-state index contributed by atoms with van der Waals surface area (Å²) in [5, 5.41) is 0. The summed E-state index contributed by atoms with van der Waals surface area (Å²) in [6.45, 7) is 3.63. The zero-order valence-electron chi connectivity index (χ0n) is 15.3. The topological polar surface area (TPSA) is 52.6 Å². The molecule has 0 bridgehead atoms. The highest BCUT2D eigenvalue weighted by molar-refractivity contribution is 5.99. The molecule has 0 heterocycles. The first-order valence-electron chi connectivity index (χ1n) is 9.12. The van der Waals surface area contributed by atoms with Gasteiger partial charge in [-0.05, 0) is 81.0 Å². The van der Waals surface area contributed by atoms with Gasteiger partial charge in [-0.25, -0.2) is 4.79 Å². The Balaban J connectivity index is 1.58. The van der Waals surface area contributed by atoms with Crippen LogP contribution in [0.3, 0.4) is 0 Å². The van der Waals surface area contributed by atoms with E-state index in [0.717, 1.165) is 19.3 Å². The Morgan fingerprint density at radius 1 is 0.923 bits per heavy atom. The number of ketones is 1. The van der Waals surface area contributed by atoms with Crippen molar-refractivity contribution in [1.29, 1.82) is 0 Å². The van der Waals surface area contributed by atoms with Gasteiger partial charge < -0.3 is 9.47 Å². The van der Waals surface area contributed by atoms with E-state index in [0.29, 0.717) is 16.9 Å². The SMILES string of the molecule is CC(C)Oc1ccc(C(=O)OCC(=O)c2ccc3c(c2)CCCC3)cc1. The third kappa shape index (κ3) is 4.51. The third-order valence-electron chi connectivity index (χ3n) is 4.47. The Morgan fingerprint density at radius 3 is 2.27 bits per heavy atom. The van der Waals surface area contributed by atoms with Gasteiger partial charge in [-0.2, -0.15) is 0 Å². The molecule has 3 rings (SSSR count). The molecule has 0 amide bonds. The van der Waals surface area contributed by atoms with Crippen LogP contribution in [-0.2, 0) is 17.6 Å². The molecule has 1 aliphatic rings. The van der Waals surface area contributed by atoms with Crippen molar-refractivity contribution in [2.75, 3.05) is 6.61 Å². The maximum Gasteiger partial charge on any atom is 0.338 e. The molecular weight excluding hydrogens is 328 g/mol. The van der Waals surface area contributed by atoms with Crippen LogP contribution in [0.5, 0.6) is 5.75 Å². The lowest BCUT2D eigenvalue weighted by atomic mass is 9.90. The molecule has 0 spiro atoms. The van der Waals surface area contributed by atoms with Gasteiger partial charge in [0.15, 0.2) is 12.4 Å². The first-order valence-corrected chi connectivity index (χ1v) is 9.12. The van der Waals surface area contributed by atoms with Crippen LogP contribution in [0.15, 0.2) is 42.5 Å². The van der Waals surface area contributed by atoms with Gasteiger partial charge in [-0.1, -0.05) is 12.1 Å². The largest absolute Gasteiger partial charge is 0.491 e. The van der Waals surface area contributed by atoms with E-state index in [1.54, 1.807) is 24.3 Å². The summed E-state index contributed by atoms with van der Waals surface area (Å²) in [7, 11) is 0. The highest BCUT2D eigenvalue weighted by Crippen LogP contribution is 2.22. The molecule has 0 saturated heterocycles. The van der Waals surface area contributed by atoms with Crippen LogP contribution in [0, 0.1) is 0 Å². The molecule has 0 atom stereocenters. The molecule has 26 heavy (non-hydrogen) atoms. The minimum Gasteiger partial charge on any atom is -0.491 e. The maximum absolute atomic E-state index is 12.3. The summed E-state index contributed by atoms with van der Waals surface area (Å²) >= 11 is 0. The van der Waals surface area contributed by atoms with Crippen molar-refractivity contribution in [3.05, 3.63) is 64.7 Å². The predicted molar refractivity (Wildman–Crippen MR) is 99.9 cm³/mol. The molecule has 0 fully saturated rings. The average molecular weight is 352 g/mol. The Labute approximate surface area is 154 Å². The second-order valence-electron chi connectivity index (χ2n) is 6.88. The number of Topliss-reactive ketones (excluding diaryl/α,β-unsaturated/α-hetero) is 1. The molecule has 0 radical (unpaired) electrons. The number of rotatable bonds is 6. The van der Waals surface area contributed by atoms with Crippen molar-refractivity contribution in [2.24, 2.45) is 0 Å². The monoisotopic (exact) mass is 352 g/mol. The summed E-state index contributed by atoms with van der Waals surface area (Å²) in [6.07, 6.45) is 4.54. The van der Waals surface area contributed by atoms with Crippen molar-refractivity contribution in [2.45, 2.75) is 45.6 Å². The van der Waals surface area contributed by atoms with Crippen LogP contribution in [0.1, 0.15) is 58.5 Å². The van der Waals surface area contributed by atoms with Crippen molar-refractivity contribution < 1.29 is 19.1 Å². The summed E-state index contributed by atoms with van der Waals surface area (Å²) in [4.78, 5) is 24.5. The molecule has 0 unspecified atom stereocenters. The lowest BCUT2D eigenvalue weighted by molar-refractivity contribution is 0.0474. The molecule has 0 aromatic heterocycles. The molecule has 1 aliphatic carbocycles. The highest BCUT2D eigenvalue weighted by atomic mass is 16.5. The number of aryl methyl sites for hydroxylation is 2. The van der Waals surface area contributed by atoms with Crippen molar-refractivity contribution in [3.63, 3.8) is 0 Å². The molecule has 136 valence electrons. The predicted octanol–water partition coefficient (Wildman–Crippen LogP) is 4.39. The summed E-state index contributed by atoms with van der Waals surface area (Å²) in [5.41, 5.74) is 3.58. The fraction of sp³-hybridized carbons (Fsp3) is 0.364. The number of carbonyl (C=O) groups excluding carboxylic acids is 2. The van der Waals surface area contributed by atoms with E-state index in [1.807, 2.05) is 32.0 Å². The van der Waals surface area contributed by atoms with Crippen LogP contribution in [0.2, 0.25) is 0 Å². The Hall–Kier alpha value is -2.62. The third-order valence-corrected chi connectivity index (χ3v) is 4.47. The number of ether oxygens (including phenoxy) is 2. The zero-order chi connectivity index (χ0) is 18.5. The molecule has 2 aromatic carbocycles. The minimum absolute atomic E-state index is 0.0713. The van der Waals surface area contributed by atoms with E-state index in [2.05, 4.69) is 0 Å². The van der Waals surface area contributed by atoms with Crippen LogP contribution < -0.4 is 4.74 Å². The van der Waals surface area contributed by atoms with E-state index < -0.39 is 5.97 Å². The second kappa shape index (κ2) is 8.17. The van der Waals surface area contributed by atoms with E-state index in [-0.39, 0.29) is 18.5 Å². The van der Waals surface area contributed by atoms with Gasteiger partial charge in [-0.15, -0.1) is 0 Å². The molecule has 0 aliphatic heterocycles. The normalized spacial score (nSPS) is 13.2. The van der Waals surface area contributed by atoms with Gasteiger partial charge >= 0.3 is 5.97 Å². The molecule has 0 saturated carbocycles. The quantitative estimate of drug-likeness (QED) is 0.571. The van der Waals surface area contributed by atoms with Crippen LogP contribution >= 0.6 is 0 Å². The fourth-order valence-corrected chi connectivity index (χ4v) is 3.15. The van der Waals surface area contributed by atoms with Crippen molar-refractivity contribution >= 4 is 11.8 Å². The van der Waals surface area contributed by atoms with E-state index in [4.69, 9.17) is 9.47 Å². The van der Waals surface area contributed by atoms with Gasteiger partial charge in [-0.3, -0.25) is 4.79 Å². The summed E-state index contributed by atoms with van der Waals surface area (Å²) < 4.78 is 10.7. The Kier molecular flexibility index (Phi) is 5.71. The standard InChI is InChI=1S/C22H24O4/c1-15(2)26-20-11-9-17(10-12-20)22(24)25-14-21(23)19-8-7-16-5-3-4-6-18(16)13-19/h7-13,15H,3-6,14H2,1-2H3. The number of benzene rings is 2. The second-order valence-corrected chi connectivity index (χ2v) is 6.88. The Morgan fingerprint density at radius 2 is 1.58 bits per heavy atom. The van der Waals surface area contributed by atoms with Crippen molar-refractivity contribution in [1.82, 2.24) is 0 Å². The maximum atomic E-state index is 12.3. The van der Waals surface area contributed by atoms with Gasteiger partial charge in [0, 0.05) is 5.56 Å². The lowest BCUT2D eigenvalue weighted by Gasteiger charge is -2.16. The van der Waals surface area contributed by atoms with Crippen LogP contribution in [0.25, 0.3) is 0 Å². The lowest BCUT2D eigenvalue weighted by Crippen LogP contribution is -2.15. The van der Waals surface area contributed by atoms with Crippen LogP contribution in [-0.4, -0.2) is 24.5 Å². The molecular formula is C22H24O4. The number of esters is 1. The van der Waals surface area contributed by atoms with Gasteiger partial charge in [0.2, 0.25) is 0 Å². The zero-order valence-corrected chi connectivity index (χ0v) is 15.3. The molecule has 0 N–H and O–H groups in total. The molecule has 4 nitrogen and oxygen atoms in total. The first kappa shape index (κ1) is 18.2. The summed E-state index contributed by atoms with van der Waals surface area (Å²) in [5.74, 6) is 0.0144. The van der Waals surface area contributed by atoms with Crippen LogP contribution in [0.4, 0.5) is 0 Å². The minimum atomic E-state index is -0.507. The molecule has 4 heteroatoms. The van der Waals surface area contributed by atoms with Gasteiger partial charge in [0.25, 0.3) is 0 Å². The van der Waals surface area contributed by atoms with Gasteiger partial charge in [0.1, 0.15) is 5.75 Å². The Bertz CT molecular complexity index is 790. The van der Waals surface area contributed by atoms with Gasteiger partial charge in [0.05, 0.1) is 11.7 Å². The first-order chi connectivity index (χ1) is 12.5. The average Bonchev–Trinajstić information content (AvgIpc) is 2.65. The smallest absolute Gasteiger partial charge is 0.338 e. The number of hydrogen-bond donors (Lipinski definition) is 0. The highest BCUT2D eigenvalue weighted by Gasteiger charge is 2.15.